The predicted molar refractivity (Wildman–Crippen MR) is 73.0 cm³/mol. The monoisotopic (exact) mass is 266 g/mol. The molecule has 1 aromatic carbocycles. The standard InChI is InChI=1S/C13H18N2O2S/c14-12-6-5-11-2-1-7-15(13(11)8-12)18(16,17)9-10-3-4-10/h5-6,8,10H,1-4,7,9,14H2. The van der Waals surface area contributed by atoms with Crippen LogP contribution in [0, 0.1) is 5.92 Å². The number of benzene rings is 1. The van der Waals surface area contributed by atoms with Crippen molar-refractivity contribution < 1.29 is 8.42 Å². The normalized spacial score (nSPS) is 19.7. The highest BCUT2D eigenvalue weighted by molar-refractivity contribution is 7.92. The van der Waals surface area contributed by atoms with E-state index in [2.05, 4.69) is 0 Å². The third kappa shape index (κ3) is 2.19. The number of sulfonamides is 1. The van der Waals surface area contributed by atoms with Crippen molar-refractivity contribution in [3.05, 3.63) is 23.8 Å². The van der Waals surface area contributed by atoms with Gasteiger partial charge in [-0.2, -0.15) is 0 Å². The van der Waals surface area contributed by atoms with Crippen molar-refractivity contribution >= 4 is 21.4 Å². The zero-order valence-electron chi connectivity index (χ0n) is 10.3. The number of hydrogen-bond donors (Lipinski definition) is 1. The lowest BCUT2D eigenvalue weighted by Crippen LogP contribution is -2.37. The fourth-order valence-electron chi connectivity index (χ4n) is 2.52. The molecule has 0 atom stereocenters. The minimum absolute atomic E-state index is 0.293. The Hall–Kier alpha value is -1.23. The van der Waals surface area contributed by atoms with Crippen LogP contribution in [-0.2, 0) is 16.4 Å². The number of nitrogen functional groups attached to an aromatic ring is 1. The van der Waals surface area contributed by atoms with Crippen LogP contribution < -0.4 is 10.0 Å². The molecular weight excluding hydrogens is 248 g/mol. The highest BCUT2D eigenvalue weighted by atomic mass is 32.2. The number of hydrogen-bond acceptors (Lipinski definition) is 3. The molecule has 1 aromatic rings. The minimum atomic E-state index is -3.17. The van der Waals surface area contributed by atoms with Gasteiger partial charge in [-0.05, 0) is 49.3 Å². The predicted octanol–water partition coefficient (Wildman–Crippen LogP) is 1.76. The molecule has 2 N–H and O–H groups in total. The SMILES string of the molecule is Nc1ccc2c(c1)N(S(=O)(=O)CC1CC1)CCC2. The summed E-state index contributed by atoms with van der Waals surface area (Å²) in [7, 11) is -3.17. The molecule has 1 heterocycles. The van der Waals surface area contributed by atoms with Crippen LogP contribution in [0.5, 0.6) is 0 Å². The van der Waals surface area contributed by atoms with E-state index < -0.39 is 10.0 Å². The van der Waals surface area contributed by atoms with E-state index in [-0.39, 0.29) is 0 Å². The van der Waals surface area contributed by atoms with Crippen LogP contribution in [0.15, 0.2) is 18.2 Å². The first-order chi connectivity index (χ1) is 8.56. The Labute approximate surface area is 108 Å². The van der Waals surface area contributed by atoms with Gasteiger partial charge in [-0.25, -0.2) is 8.42 Å². The van der Waals surface area contributed by atoms with Gasteiger partial charge < -0.3 is 5.73 Å². The van der Waals surface area contributed by atoms with Gasteiger partial charge in [0.25, 0.3) is 0 Å². The fraction of sp³-hybridized carbons (Fsp3) is 0.538. The quantitative estimate of drug-likeness (QED) is 0.848. The molecule has 1 saturated carbocycles. The summed E-state index contributed by atoms with van der Waals surface area (Å²) in [5, 5.41) is 0. The van der Waals surface area contributed by atoms with Crippen molar-refractivity contribution in [2.24, 2.45) is 5.92 Å². The molecule has 18 heavy (non-hydrogen) atoms. The van der Waals surface area contributed by atoms with Crippen LogP contribution in [0.4, 0.5) is 11.4 Å². The van der Waals surface area contributed by atoms with Gasteiger partial charge in [0.2, 0.25) is 10.0 Å². The van der Waals surface area contributed by atoms with E-state index in [1.54, 1.807) is 10.4 Å². The Balaban J connectivity index is 1.97. The molecule has 1 aliphatic heterocycles. The van der Waals surface area contributed by atoms with Gasteiger partial charge in [-0.15, -0.1) is 0 Å². The van der Waals surface area contributed by atoms with Crippen LogP contribution in [0.1, 0.15) is 24.8 Å². The maximum absolute atomic E-state index is 12.4. The van der Waals surface area contributed by atoms with Gasteiger partial charge in [0.05, 0.1) is 11.4 Å². The van der Waals surface area contributed by atoms with Crippen LogP contribution in [0.25, 0.3) is 0 Å². The largest absolute Gasteiger partial charge is 0.399 e. The van der Waals surface area contributed by atoms with Gasteiger partial charge in [0.15, 0.2) is 0 Å². The molecule has 0 spiro atoms. The molecule has 0 bridgehead atoms. The van der Waals surface area contributed by atoms with E-state index in [0.29, 0.717) is 23.9 Å². The summed E-state index contributed by atoms with van der Waals surface area (Å²) < 4.78 is 26.4. The third-order valence-electron chi connectivity index (χ3n) is 3.66. The highest BCUT2D eigenvalue weighted by Crippen LogP contribution is 2.35. The van der Waals surface area contributed by atoms with E-state index in [0.717, 1.165) is 36.9 Å². The summed E-state index contributed by atoms with van der Waals surface area (Å²) in [5.41, 5.74) is 8.29. The number of nitrogens with two attached hydrogens (primary N) is 1. The van der Waals surface area contributed by atoms with E-state index in [1.807, 2.05) is 12.1 Å². The number of nitrogens with zero attached hydrogens (tertiary/aromatic N) is 1. The number of anilines is 2. The zero-order chi connectivity index (χ0) is 12.8. The molecule has 0 saturated heterocycles. The molecule has 1 fully saturated rings. The molecule has 0 unspecified atom stereocenters. The smallest absolute Gasteiger partial charge is 0.235 e. The summed E-state index contributed by atoms with van der Waals surface area (Å²) in [6.07, 6.45) is 3.93. The molecule has 0 radical (unpaired) electrons. The lowest BCUT2D eigenvalue weighted by Gasteiger charge is -2.30. The van der Waals surface area contributed by atoms with Crippen molar-refractivity contribution in [2.45, 2.75) is 25.7 Å². The number of aryl methyl sites for hydroxylation is 1. The number of fused-ring (bicyclic) bond motifs is 1. The molecule has 2 aliphatic rings. The Kier molecular flexibility index (Phi) is 2.73. The molecule has 5 heteroatoms. The molecule has 3 rings (SSSR count). The van der Waals surface area contributed by atoms with Crippen molar-refractivity contribution in [3.8, 4) is 0 Å². The summed E-state index contributed by atoms with van der Waals surface area (Å²) in [5.74, 6) is 0.669. The van der Waals surface area contributed by atoms with Crippen LogP contribution >= 0.6 is 0 Å². The maximum atomic E-state index is 12.4. The first-order valence-electron chi connectivity index (χ1n) is 6.45. The first kappa shape index (κ1) is 11.8. The number of rotatable bonds is 3. The Morgan fingerprint density at radius 1 is 1.33 bits per heavy atom. The molecule has 0 aromatic heterocycles. The topological polar surface area (TPSA) is 63.4 Å². The average Bonchev–Trinajstić information content (AvgIpc) is 3.11. The Bertz CT molecular complexity index is 564. The fourth-order valence-corrected chi connectivity index (χ4v) is 4.51. The molecule has 1 aliphatic carbocycles. The third-order valence-corrected chi connectivity index (χ3v) is 5.61. The minimum Gasteiger partial charge on any atom is -0.399 e. The summed E-state index contributed by atoms with van der Waals surface area (Å²) >= 11 is 0. The Morgan fingerprint density at radius 3 is 2.83 bits per heavy atom. The van der Waals surface area contributed by atoms with Crippen LogP contribution in [-0.4, -0.2) is 20.7 Å². The first-order valence-corrected chi connectivity index (χ1v) is 8.06. The van der Waals surface area contributed by atoms with Gasteiger partial charge >= 0.3 is 0 Å². The van der Waals surface area contributed by atoms with Crippen LogP contribution in [0.3, 0.4) is 0 Å². The summed E-state index contributed by atoms with van der Waals surface area (Å²) in [4.78, 5) is 0. The van der Waals surface area contributed by atoms with E-state index in [9.17, 15) is 8.42 Å². The van der Waals surface area contributed by atoms with Gasteiger partial charge in [-0.1, -0.05) is 6.07 Å². The van der Waals surface area contributed by atoms with Crippen molar-refractivity contribution in [1.29, 1.82) is 0 Å². The Morgan fingerprint density at radius 2 is 2.11 bits per heavy atom. The maximum Gasteiger partial charge on any atom is 0.235 e. The van der Waals surface area contributed by atoms with Gasteiger partial charge in [0.1, 0.15) is 0 Å². The molecule has 0 amide bonds. The van der Waals surface area contributed by atoms with Crippen molar-refractivity contribution in [2.75, 3.05) is 22.3 Å². The van der Waals surface area contributed by atoms with Gasteiger partial charge in [0, 0.05) is 12.2 Å². The second kappa shape index (κ2) is 4.16. The van der Waals surface area contributed by atoms with Crippen molar-refractivity contribution in [3.63, 3.8) is 0 Å². The average molecular weight is 266 g/mol. The summed E-state index contributed by atoms with van der Waals surface area (Å²) in [6.45, 7) is 0.589. The summed E-state index contributed by atoms with van der Waals surface area (Å²) in [6, 6.07) is 5.58. The van der Waals surface area contributed by atoms with E-state index in [4.69, 9.17) is 5.73 Å². The molecule has 4 nitrogen and oxygen atoms in total. The molecular formula is C13H18N2O2S. The van der Waals surface area contributed by atoms with E-state index >= 15 is 0 Å². The van der Waals surface area contributed by atoms with Gasteiger partial charge in [-0.3, -0.25) is 4.31 Å². The lowest BCUT2D eigenvalue weighted by molar-refractivity contribution is 0.583. The van der Waals surface area contributed by atoms with Crippen molar-refractivity contribution in [1.82, 2.24) is 0 Å². The van der Waals surface area contributed by atoms with E-state index in [1.165, 1.54) is 0 Å². The molecule has 98 valence electrons. The zero-order valence-corrected chi connectivity index (χ0v) is 11.1. The van der Waals surface area contributed by atoms with Crippen LogP contribution in [0.2, 0.25) is 0 Å². The lowest BCUT2D eigenvalue weighted by atomic mass is 10.0. The highest BCUT2D eigenvalue weighted by Gasteiger charge is 2.34. The second-order valence-electron chi connectivity index (χ2n) is 5.29. The second-order valence-corrected chi connectivity index (χ2v) is 7.22.